The molecule has 7 nitrogen and oxygen atoms in total. The summed E-state index contributed by atoms with van der Waals surface area (Å²) in [7, 11) is 0. The Kier molecular flexibility index (Phi) is 2.20. The van der Waals surface area contributed by atoms with Crippen molar-refractivity contribution in [2.75, 3.05) is 12.3 Å². The standard InChI is InChI=1S/C8H9N5O2/c1-2-15-8(14)5-3-6-7(9)10-4-11-13(6)12-5/h3-4H,2H2,1H3,(H2,9,10,11). The molecule has 2 aromatic rings. The van der Waals surface area contributed by atoms with E-state index in [2.05, 4.69) is 15.2 Å². The molecule has 2 N–H and O–H groups in total. The molecule has 0 radical (unpaired) electrons. The predicted molar refractivity (Wildman–Crippen MR) is 51.2 cm³/mol. The van der Waals surface area contributed by atoms with Gasteiger partial charge in [-0.25, -0.2) is 9.78 Å². The number of nitrogens with zero attached hydrogens (tertiary/aromatic N) is 4. The third-order valence-electron chi connectivity index (χ3n) is 1.80. The molecule has 0 saturated heterocycles. The van der Waals surface area contributed by atoms with Crippen LogP contribution in [0.15, 0.2) is 12.4 Å². The fourth-order valence-electron chi connectivity index (χ4n) is 1.14. The van der Waals surface area contributed by atoms with E-state index >= 15 is 0 Å². The van der Waals surface area contributed by atoms with E-state index in [4.69, 9.17) is 10.5 Å². The number of anilines is 1. The molecule has 0 atom stereocenters. The van der Waals surface area contributed by atoms with E-state index in [0.717, 1.165) is 0 Å². The highest BCUT2D eigenvalue weighted by molar-refractivity contribution is 5.89. The first kappa shape index (κ1) is 9.38. The van der Waals surface area contributed by atoms with E-state index in [-0.39, 0.29) is 11.5 Å². The fourth-order valence-corrected chi connectivity index (χ4v) is 1.14. The molecule has 0 spiro atoms. The van der Waals surface area contributed by atoms with E-state index in [1.807, 2.05) is 0 Å². The summed E-state index contributed by atoms with van der Waals surface area (Å²) in [5.41, 5.74) is 6.24. The van der Waals surface area contributed by atoms with Gasteiger partial charge < -0.3 is 10.5 Å². The lowest BCUT2D eigenvalue weighted by molar-refractivity contribution is 0.0519. The number of nitrogens with two attached hydrogens (primary N) is 1. The molecule has 15 heavy (non-hydrogen) atoms. The zero-order valence-electron chi connectivity index (χ0n) is 8.04. The molecule has 78 valence electrons. The van der Waals surface area contributed by atoms with Crippen molar-refractivity contribution in [2.24, 2.45) is 0 Å². The van der Waals surface area contributed by atoms with E-state index < -0.39 is 5.97 Å². The lowest BCUT2D eigenvalue weighted by Crippen LogP contribution is -2.06. The zero-order chi connectivity index (χ0) is 10.8. The SMILES string of the molecule is CCOC(=O)c1cc2c(N)ncnn2n1. The van der Waals surface area contributed by atoms with E-state index in [1.54, 1.807) is 6.92 Å². The van der Waals surface area contributed by atoms with Gasteiger partial charge in [-0.1, -0.05) is 0 Å². The Hall–Kier alpha value is -2.18. The summed E-state index contributed by atoms with van der Waals surface area (Å²) in [6.45, 7) is 2.02. The Morgan fingerprint density at radius 1 is 1.67 bits per heavy atom. The molecule has 7 heteroatoms. The van der Waals surface area contributed by atoms with E-state index in [9.17, 15) is 4.79 Å². The molecule has 0 aliphatic rings. The van der Waals surface area contributed by atoms with Crippen molar-refractivity contribution in [2.45, 2.75) is 6.92 Å². The van der Waals surface area contributed by atoms with E-state index in [0.29, 0.717) is 12.1 Å². The highest BCUT2D eigenvalue weighted by Crippen LogP contribution is 2.10. The van der Waals surface area contributed by atoms with Gasteiger partial charge in [-0.05, 0) is 6.92 Å². The van der Waals surface area contributed by atoms with E-state index in [1.165, 1.54) is 17.0 Å². The Balaban J connectivity index is 2.47. The van der Waals surface area contributed by atoms with Gasteiger partial charge >= 0.3 is 5.97 Å². The summed E-state index contributed by atoms with van der Waals surface area (Å²) in [5.74, 6) is -0.226. The van der Waals surface area contributed by atoms with Crippen molar-refractivity contribution in [1.29, 1.82) is 0 Å². The summed E-state index contributed by atoms with van der Waals surface area (Å²) in [6, 6.07) is 1.49. The van der Waals surface area contributed by atoms with Gasteiger partial charge in [0.25, 0.3) is 0 Å². The first-order valence-corrected chi connectivity index (χ1v) is 4.36. The highest BCUT2D eigenvalue weighted by Gasteiger charge is 2.13. The number of rotatable bonds is 2. The number of ether oxygens (including phenoxy) is 1. The molecule has 0 aliphatic carbocycles. The second-order valence-corrected chi connectivity index (χ2v) is 2.77. The van der Waals surface area contributed by atoms with Crippen LogP contribution in [-0.4, -0.2) is 32.4 Å². The molecule has 0 saturated carbocycles. The van der Waals surface area contributed by atoms with Crippen LogP contribution in [0.5, 0.6) is 0 Å². The molecule has 2 rings (SSSR count). The molecule has 0 amide bonds. The van der Waals surface area contributed by atoms with Gasteiger partial charge in [0.05, 0.1) is 6.61 Å². The van der Waals surface area contributed by atoms with Crippen LogP contribution in [0.4, 0.5) is 5.82 Å². The van der Waals surface area contributed by atoms with Gasteiger partial charge in [0, 0.05) is 6.07 Å². The number of carbonyl (C=O) groups excluding carboxylic acids is 1. The summed E-state index contributed by atoms with van der Waals surface area (Å²) >= 11 is 0. The first-order valence-electron chi connectivity index (χ1n) is 4.36. The van der Waals surface area contributed by atoms with Gasteiger partial charge in [0.15, 0.2) is 11.5 Å². The maximum Gasteiger partial charge on any atom is 0.358 e. The van der Waals surface area contributed by atoms with Crippen LogP contribution in [0.2, 0.25) is 0 Å². The summed E-state index contributed by atoms with van der Waals surface area (Å²) in [6.07, 6.45) is 1.27. The molecule has 2 heterocycles. The number of nitrogen functional groups attached to an aromatic ring is 1. The molecule has 0 fully saturated rings. The number of hydrogen-bond acceptors (Lipinski definition) is 6. The predicted octanol–water partition coefficient (Wildman–Crippen LogP) is -0.117. The van der Waals surface area contributed by atoms with Crippen molar-refractivity contribution >= 4 is 17.3 Å². The van der Waals surface area contributed by atoms with Gasteiger partial charge in [0.2, 0.25) is 0 Å². The number of esters is 1. The summed E-state index contributed by atoms with van der Waals surface area (Å²) in [4.78, 5) is 15.1. The lowest BCUT2D eigenvalue weighted by Gasteiger charge is -1.94. The van der Waals surface area contributed by atoms with Crippen LogP contribution >= 0.6 is 0 Å². The van der Waals surface area contributed by atoms with Crippen LogP contribution in [0.3, 0.4) is 0 Å². The third kappa shape index (κ3) is 1.58. The van der Waals surface area contributed by atoms with Crippen LogP contribution in [0.1, 0.15) is 17.4 Å². The second kappa shape index (κ2) is 3.52. The molecule has 0 aromatic carbocycles. The van der Waals surface area contributed by atoms with Gasteiger partial charge in [-0.15, -0.1) is 14.8 Å². The number of carbonyl (C=O) groups is 1. The highest BCUT2D eigenvalue weighted by atomic mass is 16.5. The maximum atomic E-state index is 11.3. The fraction of sp³-hybridized carbons (Fsp3) is 0.250. The minimum atomic E-state index is -0.498. The quantitative estimate of drug-likeness (QED) is 0.690. The van der Waals surface area contributed by atoms with Crippen molar-refractivity contribution < 1.29 is 9.53 Å². The average Bonchev–Trinajstić information content (AvgIpc) is 2.63. The smallest absolute Gasteiger partial charge is 0.358 e. The Morgan fingerprint density at radius 2 is 2.47 bits per heavy atom. The minimum absolute atomic E-state index is 0.170. The van der Waals surface area contributed by atoms with Crippen molar-refractivity contribution in [3.8, 4) is 0 Å². The zero-order valence-corrected chi connectivity index (χ0v) is 8.04. The number of hydrogen-bond donors (Lipinski definition) is 1. The van der Waals surface area contributed by atoms with Crippen molar-refractivity contribution in [3.05, 3.63) is 18.1 Å². The molecule has 0 aliphatic heterocycles. The topological polar surface area (TPSA) is 95.4 Å². The van der Waals surface area contributed by atoms with Crippen LogP contribution in [0, 0.1) is 0 Å². The van der Waals surface area contributed by atoms with Crippen LogP contribution in [-0.2, 0) is 4.74 Å². The maximum absolute atomic E-state index is 11.3. The monoisotopic (exact) mass is 207 g/mol. The Labute approximate surface area is 84.9 Å². The number of aromatic nitrogens is 4. The Morgan fingerprint density at radius 3 is 3.13 bits per heavy atom. The lowest BCUT2D eigenvalue weighted by atomic mass is 10.4. The minimum Gasteiger partial charge on any atom is -0.461 e. The Bertz CT molecular complexity index is 507. The van der Waals surface area contributed by atoms with Gasteiger partial charge in [0.1, 0.15) is 11.8 Å². The van der Waals surface area contributed by atoms with Crippen LogP contribution in [0.25, 0.3) is 5.52 Å². The molecule has 0 bridgehead atoms. The van der Waals surface area contributed by atoms with Crippen molar-refractivity contribution in [3.63, 3.8) is 0 Å². The molecular formula is C8H9N5O2. The summed E-state index contributed by atoms with van der Waals surface area (Å²) in [5, 5.41) is 7.71. The average molecular weight is 207 g/mol. The van der Waals surface area contributed by atoms with Crippen LogP contribution < -0.4 is 5.73 Å². The summed E-state index contributed by atoms with van der Waals surface area (Å²) < 4.78 is 6.04. The van der Waals surface area contributed by atoms with Gasteiger partial charge in [-0.3, -0.25) is 0 Å². The molecule has 0 unspecified atom stereocenters. The first-order chi connectivity index (χ1) is 7.22. The normalized spacial score (nSPS) is 10.5. The van der Waals surface area contributed by atoms with Gasteiger partial charge in [-0.2, -0.15) is 0 Å². The molecular weight excluding hydrogens is 198 g/mol. The van der Waals surface area contributed by atoms with Crippen molar-refractivity contribution in [1.82, 2.24) is 19.8 Å². The second-order valence-electron chi connectivity index (χ2n) is 2.77. The largest absolute Gasteiger partial charge is 0.461 e. The third-order valence-corrected chi connectivity index (χ3v) is 1.80. The molecule has 2 aromatic heterocycles. The number of fused-ring (bicyclic) bond motifs is 1.